The summed E-state index contributed by atoms with van der Waals surface area (Å²) in [5, 5.41) is 14.7. The fourth-order valence-electron chi connectivity index (χ4n) is 2.08. The molecule has 0 aliphatic carbocycles. The number of piperidine rings is 1. The second-order valence-corrected chi connectivity index (χ2v) is 6.17. The maximum atomic E-state index is 11.2. The van der Waals surface area contributed by atoms with Crippen LogP contribution < -0.4 is 10.6 Å². The van der Waals surface area contributed by atoms with Gasteiger partial charge in [-0.15, -0.1) is 0 Å². The zero-order valence-corrected chi connectivity index (χ0v) is 14.5. The predicted octanol–water partition coefficient (Wildman–Crippen LogP) is 3.39. The number of carboxylic acid groups (broad SMARTS) is 1. The van der Waals surface area contributed by atoms with Crippen LogP contribution >= 0.6 is 23.2 Å². The fraction of sp³-hybridized carbons (Fsp3) is 0.467. The first kappa shape index (κ1) is 21.5. The van der Waals surface area contributed by atoms with Crippen LogP contribution in [0.3, 0.4) is 0 Å². The smallest absolute Gasteiger partial charge is 0.475 e. The van der Waals surface area contributed by atoms with E-state index in [-0.39, 0.29) is 11.9 Å². The van der Waals surface area contributed by atoms with Crippen molar-refractivity contribution >= 4 is 35.1 Å². The summed E-state index contributed by atoms with van der Waals surface area (Å²) in [6.07, 6.45) is -2.42. The Labute approximate surface area is 152 Å². The SMILES string of the molecule is O=C(O)C(F)(F)F.O=C1CCC[C@H](CNCc2ccc(Cl)cc2Cl)N1. The first-order valence-electron chi connectivity index (χ1n) is 7.33. The van der Waals surface area contributed by atoms with E-state index in [0.29, 0.717) is 23.0 Å². The Morgan fingerprint density at radius 2 is 2.00 bits per heavy atom. The summed E-state index contributed by atoms with van der Waals surface area (Å²) in [5.41, 5.74) is 1.02. The van der Waals surface area contributed by atoms with E-state index in [9.17, 15) is 18.0 Å². The predicted molar refractivity (Wildman–Crippen MR) is 87.6 cm³/mol. The van der Waals surface area contributed by atoms with Crippen LogP contribution in [-0.2, 0) is 16.1 Å². The molecule has 1 heterocycles. The third-order valence-corrected chi connectivity index (χ3v) is 3.87. The minimum absolute atomic E-state index is 0.151. The molecule has 1 saturated heterocycles. The van der Waals surface area contributed by atoms with E-state index in [1.54, 1.807) is 6.07 Å². The Kier molecular flexibility index (Phi) is 8.47. The van der Waals surface area contributed by atoms with Gasteiger partial charge in [0.25, 0.3) is 0 Å². The molecule has 0 bridgehead atoms. The van der Waals surface area contributed by atoms with E-state index in [0.717, 1.165) is 24.9 Å². The van der Waals surface area contributed by atoms with E-state index in [1.807, 2.05) is 12.1 Å². The molecule has 1 aliphatic heterocycles. The second kappa shape index (κ2) is 9.84. The molecule has 25 heavy (non-hydrogen) atoms. The van der Waals surface area contributed by atoms with Gasteiger partial charge in [0.05, 0.1) is 0 Å². The number of halogens is 5. The van der Waals surface area contributed by atoms with E-state index in [2.05, 4.69) is 10.6 Å². The Hall–Kier alpha value is -1.51. The lowest BCUT2D eigenvalue weighted by molar-refractivity contribution is -0.192. The second-order valence-electron chi connectivity index (χ2n) is 5.33. The van der Waals surface area contributed by atoms with Crippen molar-refractivity contribution in [1.82, 2.24) is 10.6 Å². The number of rotatable bonds is 4. The average Bonchev–Trinajstić information content (AvgIpc) is 2.49. The quantitative estimate of drug-likeness (QED) is 0.723. The van der Waals surface area contributed by atoms with Gasteiger partial charge < -0.3 is 15.7 Å². The van der Waals surface area contributed by atoms with Crippen molar-refractivity contribution in [3.8, 4) is 0 Å². The third kappa shape index (κ3) is 8.42. The number of nitrogens with one attached hydrogen (secondary N) is 2. The van der Waals surface area contributed by atoms with Gasteiger partial charge in [0, 0.05) is 35.6 Å². The maximum Gasteiger partial charge on any atom is 0.490 e. The molecule has 1 aliphatic rings. The molecule has 1 aromatic carbocycles. The molecule has 1 amide bonds. The van der Waals surface area contributed by atoms with Crippen LogP contribution in [0.5, 0.6) is 0 Å². The topological polar surface area (TPSA) is 78.4 Å². The molecule has 1 fully saturated rings. The van der Waals surface area contributed by atoms with Crippen molar-refractivity contribution in [3.63, 3.8) is 0 Å². The zero-order chi connectivity index (χ0) is 19.0. The van der Waals surface area contributed by atoms with Gasteiger partial charge in [0.2, 0.25) is 5.91 Å². The molecule has 2 rings (SSSR count). The van der Waals surface area contributed by atoms with E-state index < -0.39 is 12.1 Å². The minimum Gasteiger partial charge on any atom is -0.475 e. The van der Waals surface area contributed by atoms with Gasteiger partial charge >= 0.3 is 12.1 Å². The fourth-order valence-corrected chi connectivity index (χ4v) is 2.56. The van der Waals surface area contributed by atoms with Crippen molar-refractivity contribution in [2.24, 2.45) is 0 Å². The van der Waals surface area contributed by atoms with Crippen molar-refractivity contribution in [3.05, 3.63) is 33.8 Å². The number of carboxylic acids is 1. The number of carbonyl (C=O) groups is 2. The van der Waals surface area contributed by atoms with Crippen molar-refractivity contribution in [2.45, 2.75) is 38.0 Å². The molecule has 5 nitrogen and oxygen atoms in total. The molecule has 0 radical (unpaired) electrons. The number of aliphatic carboxylic acids is 1. The Bertz CT molecular complexity index is 612. The number of carbonyl (C=O) groups excluding carboxylic acids is 1. The van der Waals surface area contributed by atoms with Crippen LogP contribution in [0.15, 0.2) is 18.2 Å². The molecular weight excluding hydrogens is 384 g/mol. The first-order valence-corrected chi connectivity index (χ1v) is 8.09. The lowest BCUT2D eigenvalue weighted by Crippen LogP contribution is -2.44. The molecule has 0 spiro atoms. The molecule has 1 aromatic rings. The molecule has 0 unspecified atom stereocenters. The molecule has 3 N–H and O–H groups in total. The highest BCUT2D eigenvalue weighted by atomic mass is 35.5. The molecule has 0 aromatic heterocycles. The highest BCUT2D eigenvalue weighted by Crippen LogP contribution is 2.20. The Morgan fingerprint density at radius 3 is 2.52 bits per heavy atom. The van der Waals surface area contributed by atoms with E-state index >= 15 is 0 Å². The lowest BCUT2D eigenvalue weighted by Gasteiger charge is -2.23. The van der Waals surface area contributed by atoms with Gasteiger partial charge in [-0.05, 0) is 30.5 Å². The summed E-state index contributed by atoms with van der Waals surface area (Å²) in [6.45, 7) is 1.45. The number of amides is 1. The normalized spacial score (nSPS) is 17.3. The van der Waals surface area contributed by atoms with Gasteiger partial charge in [0.15, 0.2) is 0 Å². The third-order valence-electron chi connectivity index (χ3n) is 3.29. The molecule has 140 valence electrons. The van der Waals surface area contributed by atoms with Crippen LogP contribution in [-0.4, -0.2) is 35.7 Å². The minimum atomic E-state index is -5.08. The average molecular weight is 401 g/mol. The summed E-state index contributed by atoms with van der Waals surface area (Å²) in [6, 6.07) is 5.71. The van der Waals surface area contributed by atoms with E-state index in [1.165, 1.54) is 0 Å². The van der Waals surface area contributed by atoms with Crippen molar-refractivity contribution in [1.29, 1.82) is 0 Å². The monoisotopic (exact) mass is 400 g/mol. The van der Waals surface area contributed by atoms with Crippen molar-refractivity contribution in [2.75, 3.05) is 6.54 Å². The number of hydrogen-bond acceptors (Lipinski definition) is 3. The maximum absolute atomic E-state index is 11.2. The molecular formula is C15H17Cl2F3N2O3. The van der Waals surface area contributed by atoms with Gasteiger partial charge in [-0.3, -0.25) is 4.79 Å². The first-order chi connectivity index (χ1) is 11.6. The zero-order valence-electron chi connectivity index (χ0n) is 13.0. The van der Waals surface area contributed by atoms with Crippen LogP contribution in [0.1, 0.15) is 24.8 Å². The number of benzene rings is 1. The highest BCUT2D eigenvalue weighted by molar-refractivity contribution is 6.35. The molecule has 1 atom stereocenters. The van der Waals surface area contributed by atoms with Crippen LogP contribution in [0, 0.1) is 0 Å². The van der Waals surface area contributed by atoms with Gasteiger partial charge in [0.1, 0.15) is 0 Å². The lowest BCUT2D eigenvalue weighted by atomic mass is 10.0. The number of alkyl halides is 3. The van der Waals surface area contributed by atoms with Gasteiger partial charge in [-0.2, -0.15) is 13.2 Å². The van der Waals surface area contributed by atoms with E-state index in [4.69, 9.17) is 33.1 Å². The van der Waals surface area contributed by atoms with Gasteiger partial charge in [-0.1, -0.05) is 29.3 Å². The van der Waals surface area contributed by atoms with Crippen LogP contribution in [0.25, 0.3) is 0 Å². The summed E-state index contributed by atoms with van der Waals surface area (Å²) >= 11 is 11.9. The molecule has 10 heteroatoms. The van der Waals surface area contributed by atoms with Crippen molar-refractivity contribution < 1.29 is 27.9 Å². The Morgan fingerprint density at radius 1 is 1.36 bits per heavy atom. The standard InChI is InChI=1S/C13H16Cl2N2O.C2HF3O2/c14-10-5-4-9(12(15)6-10)7-16-8-11-2-1-3-13(18)17-11;3-2(4,5)1(6)7/h4-6,11,16H,1-3,7-8H2,(H,17,18);(H,6,7)/t11-;/m1./s1. The Balaban J connectivity index is 0.000000381. The summed E-state index contributed by atoms with van der Waals surface area (Å²) in [7, 11) is 0. The number of hydrogen-bond donors (Lipinski definition) is 3. The summed E-state index contributed by atoms with van der Waals surface area (Å²) in [4.78, 5) is 20.1. The highest BCUT2D eigenvalue weighted by Gasteiger charge is 2.38. The van der Waals surface area contributed by atoms with Crippen LogP contribution in [0.2, 0.25) is 10.0 Å². The largest absolute Gasteiger partial charge is 0.490 e. The molecule has 0 saturated carbocycles. The van der Waals surface area contributed by atoms with Gasteiger partial charge in [-0.25, -0.2) is 4.79 Å². The summed E-state index contributed by atoms with van der Waals surface area (Å²) in [5.74, 6) is -2.61. The summed E-state index contributed by atoms with van der Waals surface area (Å²) < 4.78 is 31.7. The van der Waals surface area contributed by atoms with Crippen LogP contribution in [0.4, 0.5) is 13.2 Å².